The third kappa shape index (κ3) is 1.18. The van der Waals surface area contributed by atoms with E-state index in [0.29, 0.717) is 17.9 Å². The Hall–Kier alpha value is -0.760. The van der Waals surface area contributed by atoms with Crippen molar-refractivity contribution in [1.29, 1.82) is 0 Å². The molecule has 2 rings (SSSR count). The van der Waals surface area contributed by atoms with Crippen LogP contribution in [0.4, 0.5) is 0 Å². The number of rotatable bonds is 2. The topological polar surface area (TPSA) is 39.2 Å². The maximum Gasteiger partial charge on any atom is 0.107 e. The average Bonchev–Trinajstić information content (AvgIpc) is 2.60. The van der Waals surface area contributed by atoms with Crippen molar-refractivity contribution in [2.24, 2.45) is 11.7 Å². The molecule has 0 saturated heterocycles. The van der Waals surface area contributed by atoms with Gasteiger partial charge in [-0.25, -0.2) is 0 Å². The summed E-state index contributed by atoms with van der Waals surface area (Å²) in [6, 6.07) is 4.28. The summed E-state index contributed by atoms with van der Waals surface area (Å²) in [6.07, 6.45) is 2.93. The van der Waals surface area contributed by atoms with E-state index in [4.69, 9.17) is 10.2 Å². The van der Waals surface area contributed by atoms with Gasteiger partial charge in [-0.2, -0.15) is 0 Å². The molecule has 0 aliphatic heterocycles. The predicted octanol–water partition coefficient (Wildman–Crippen LogP) is 1.73. The van der Waals surface area contributed by atoms with Crippen molar-refractivity contribution in [3.05, 3.63) is 24.2 Å². The van der Waals surface area contributed by atoms with Crippen molar-refractivity contribution in [3.8, 4) is 0 Å². The van der Waals surface area contributed by atoms with Gasteiger partial charge >= 0.3 is 0 Å². The molecule has 1 aliphatic carbocycles. The maximum atomic E-state index is 5.75. The van der Waals surface area contributed by atoms with Crippen LogP contribution in [0.3, 0.4) is 0 Å². The fraction of sp³-hybridized carbons (Fsp3) is 0.556. The summed E-state index contributed by atoms with van der Waals surface area (Å²) in [6.45, 7) is 2.06. The van der Waals surface area contributed by atoms with Gasteiger partial charge in [-0.1, -0.05) is 0 Å². The third-order valence-corrected chi connectivity index (χ3v) is 2.42. The largest absolute Gasteiger partial charge is 0.469 e. The van der Waals surface area contributed by atoms with E-state index in [1.165, 1.54) is 6.42 Å². The summed E-state index contributed by atoms with van der Waals surface area (Å²) >= 11 is 0. The van der Waals surface area contributed by atoms with E-state index in [0.717, 1.165) is 5.76 Å². The van der Waals surface area contributed by atoms with Gasteiger partial charge in [0.15, 0.2) is 0 Å². The van der Waals surface area contributed by atoms with Gasteiger partial charge in [0.05, 0.1) is 6.26 Å². The van der Waals surface area contributed by atoms with E-state index in [1.807, 2.05) is 12.1 Å². The van der Waals surface area contributed by atoms with Gasteiger partial charge in [-0.05, 0) is 31.4 Å². The van der Waals surface area contributed by atoms with Gasteiger partial charge in [-0.3, -0.25) is 0 Å². The second-order valence-corrected chi connectivity index (χ2v) is 3.38. The fourth-order valence-corrected chi connectivity index (χ4v) is 1.63. The highest BCUT2D eigenvalue weighted by atomic mass is 16.3. The second kappa shape index (κ2) is 2.38. The van der Waals surface area contributed by atoms with Gasteiger partial charge in [0.1, 0.15) is 5.76 Å². The van der Waals surface area contributed by atoms with Gasteiger partial charge in [0, 0.05) is 12.0 Å². The quantitative estimate of drug-likeness (QED) is 0.699. The van der Waals surface area contributed by atoms with Crippen LogP contribution in [0.1, 0.15) is 25.0 Å². The van der Waals surface area contributed by atoms with E-state index in [1.54, 1.807) is 6.26 Å². The van der Waals surface area contributed by atoms with Crippen molar-refractivity contribution in [3.63, 3.8) is 0 Å². The standard InChI is InChI=1S/C9H13NO/c1-6(10)7-5-8(7)9-3-2-4-11-9/h2-4,6-8H,5,10H2,1H3/t6-,7+,8+/m1/s1. The van der Waals surface area contributed by atoms with Crippen LogP contribution in [0.25, 0.3) is 0 Å². The number of furan rings is 1. The molecule has 3 atom stereocenters. The number of hydrogen-bond donors (Lipinski definition) is 1. The molecule has 0 unspecified atom stereocenters. The lowest BCUT2D eigenvalue weighted by Gasteiger charge is -2.00. The predicted molar refractivity (Wildman–Crippen MR) is 43.2 cm³/mol. The van der Waals surface area contributed by atoms with Crippen LogP contribution in [-0.2, 0) is 0 Å². The molecule has 0 radical (unpaired) electrons. The first-order valence-corrected chi connectivity index (χ1v) is 4.08. The van der Waals surface area contributed by atoms with Crippen molar-refractivity contribution in [2.75, 3.05) is 0 Å². The minimum absolute atomic E-state index is 0.310. The molecule has 0 amide bonds. The maximum absolute atomic E-state index is 5.75. The van der Waals surface area contributed by atoms with Crippen LogP contribution in [0.15, 0.2) is 22.8 Å². The Bertz CT molecular complexity index is 228. The molecule has 0 bridgehead atoms. The Labute approximate surface area is 66.4 Å². The summed E-state index contributed by atoms with van der Waals surface area (Å²) in [5.41, 5.74) is 5.75. The Morgan fingerprint density at radius 3 is 3.00 bits per heavy atom. The van der Waals surface area contributed by atoms with Crippen LogP contribution in [0.2, 0.25) is 0 Å². The minimum atomic E-state index is 0.310. The summed E-state index contributed by atoms with van der Waals surface area (Å²) in [5.74, 6) is 2.36. The first-order chi connectivity index (χ1) is 5.29. The molecule has 2 nitrogen and oxygen atoms in total. The summed E-state index contributed by atoms with van der Waals surface area (Å²) in [7, 11) is 0. The van der Waals surface area contributed by atoms with Crippen molar-refractivity contribution in [1.82, 2.24) is 0 Å². The van der Waals surface area contributed by atoms with Crippen LogP contribution >= 0.6 is 0 Å². The van der Waals surface area contributed by atoms with E-state index < -0.39 is 0 Å². The van der Waals surface area contributed by atoms with E-state index in [2.05, 4.69) is 6.92 Å². The SMILES string of the molecule is C[C@@H](N)[C@@H]1C[C@@H]1c1ccco1. The molecule has 60 valence electrons. The molecule has 1 saturated carbocycles. The monoisotopic (exact) mass is 151 g/mol. The number of hydrogen-bond acceptors (Lipinski definition) is 2. The smallest absolute Gasteiger partial charge is 0.107 e. The Balaban J connectivity index is 2.02. The average molecular weight is 151 g/mol. The normalized spacial score (nSPS) is 31.8. The summed E-state index contributed by atoms with van der Waals surface area (Å²) in [4.78, 5) is 0. The molecule has 0 spiro atoms. The zero-order valence-corrected chi connectivity index (χ0v) is 6.66. The first kappa shape index (κ1) is 6.92. The van der Waals surface area contributed by atoms with Crippen molar-refractivity contribution in [2.45, 2.75) is 25.3 Å². The molecule has 11 heavy (non-hydrogen) atoms. The van der Waals surface area contributed by atoms with E-state index >= 15 is 0 Å². The second-order valence-electron chi connectivity index (χ2n) is 3.38. The Morgan fingerprint density at radius 1 is 1.73 bits per heavy atom. The molecule has 1 heterocycles. The molecule has 2 N–H and O–H groups in total. The van der Waals surface area contributed by atoms with Crippen LogP contribution in [0.5, 0.6) is 0 Å². The summed E-state index contributed by atoms with van der Waals surface area (Å²) < 4.78 is 5.28. The highest BCUT2D eigenvalue weighted by molar-refractivity contribution is 5.16. The molecule has 1 fully saturated rings. The zero-order chi connectivity index (χ0) is 7.84. The van der Waals surface area contributed by atoms with E-state index in [-0.39, 0.29) is 0 Å². The molecule has 1 aromatic rings. The molecule has 0 aromatic carbocycles. The molecule has 2 heteroatoms. The summed E-state index contributed by atoms with van der Waals surface area (Å²) in [5, 5.41) is 0. The lowest BCUT2D eigenvalue weighted by Crippen LogP contribution is -2.17. The van der Waals surface area contributed by atoms with Gasteiger partial charge < -0.3 is 10.2 Å². The van der Waals surface area contributed by atoms with Crippen LogP contribution in [-0.4, -0.2) is 6.04 Å². The molecular weight excluding hydrogens is 138 g/mol. The lowest BCUT2D eigenvalue weighted by atomic mass is 10.2. The van der Waals surface area contributed by atoms with Crippen LogP contribution in [0, 0.1) is 5.92 Å². The van der Waals surface area contributed by atoms with Crippen molar-refractivity contribution >= 4 is 0 Å². The highest BCUT2D eigenvalue weighted by Crippen LogP contribution is 2.48. The van der Waals surface area contributed by atoms with Gasteiger partial charge in [-0.15, -0.1) is 0 Å². The first-order valence-electron chi connectivity index (χ1n) is 4.08. The molecule has 1 aromatic heterocycles. The third-order valence-electron chi connectivity index (χ3n) is 2.42. The molecular formula is C9H13NO. The zero-order valence-electron chi connectivity index (χ0n) is 6.66. The lowest BCUT2D eigenvalue weighted by molar-refractivity contribution is 0.493. The highest BCUT2D eigenvalue weighted by Gasteiger charge is 2.42. The van der Waals surface area contributed by atoms with Gasteiger partial charge in [0.2, 0.25) is 0 Å². The fourth-order valence-electron chi connectivity index (χ4n) is 1.63. The number of nitrogens with two attached hydrogens (primary N) is 1. The Kier molecular flexibility index (Phi) is 1.50. The van der Waals surface area contributed by atoms with Crippen LogP contribution < -0.4 is 5.73 Å². The van der Waals surface area contributed by atoms with Crippen molar-refractivity contribution < 1.29 is 4.42 Å². The van der Waals surface area contributed by atoms with E-state index in [9.17, 15) is 0 Å². The minimum Gasteiger partial charge on any atom is -0.469 e. The van der Waals surface area contributed by atoms with Gasteiger partial charge in [0.25, 0.3) is 0 Å². The molecule has 1 aliphatic rings. The Morgan fingerprint density at radius 2 is 2.55 bits per heavy atom.